The van der Waals surface area contributed by atoms with Crippen molar-refractivity contribution in [2.24, 2.45) is 0 Å². The van der Waals surface area contributed by atoms with Crippen molar-refractivity contribution in [2.45, 2.75) is 33.6 Å². The SMILES string of the molecule is CC(C)=CCCC(C)=CCOP(=O)(O)OP1(=O)OCO1. The second-order valence-electron chi connectivity index (χ2n) is 4.54. The third-order valence-electron chi connectivity index (χ3n) is 2.39. The van der Waals surface area contributed by atoms with Crippen LogP contribution in [0, 0.1) is 0 Å². The molecule has 1 unspecified atom stereocenters. The van der Waals surface area contributed by atoms with Gasteiger partial charge in [-0.15, -0.1) is 0 Å². The van der Waals surface area contributed by atoms with Crippen LogP contribution in [-0.4, -0.2) is 18.3 Å². The van der Waals surface area contributed by atoms with Crippen molar-refractivity contribution in [3.05, 3.63) is 23.3 Å². The third-order valence-corrected chi connectivity index (χ3v) is 5.33. The van der Waals surface area contributed by atoms with Crippen LogP contribution in [0.3, 0.4) is 0 Å². The summed E-state index contributed by atoms with van der Waals surface area (Å²) in [5.74, 6) is 0. The van der Waals surface area contributed by atoms with Crippen LogP contribution in [0.15, 0.2) is 23.3 Å². The molecular formula is C11H20O7P2. The van der Waals surface area contributed by atoms with Gasteiger partial charge in [-0.05, 0) is 33.6 Å². The Bertz CT molecular complexity index is 471. The average molecular weight is 326 g/mol. The van der Waals surface area contributed by atoms with Gasteiger partial charge in [0.05, 0.1) is 6.61 Å². The van der Waals surface area contributed by atoms with E-state index in [-0.39, 0.29) is 13.4 Å². The first-order chi connectivity index (χ1) is 9.22. The standard InChI is InChI=1S/C11H20O7P2/c1-10(2)5-4-6-11(3)7-8-15-19(12,13)18-20(14)16-9-17-20/h5,7H,4,6,8-9H2,1-3H3,(H,12,13). The van der Waals surface area contributed by atoms with E-state index in [4.69, 9.17) is 0 Å². The van der Waals surface area contributed by atoms with Crippen LogP contribution in [0.1, 0.15) is 33.6 Å². The monoisotopic (exact) mass is 326 g/mol. The number of hydrogen-bond donors (Lipinski definition) is 1. The van der Waals surface area contributed by atoms with Gasteiger partial charge in [0.25, 0.3) is 0 Å². The molecule has 116 valence electrons. The Balaban J connectivity index is 2.32. The fourth-order valence-corrected chi connectivity index (χ4v) is 3.42. The van der Waals surface area contributed by atoms with Crippen LogP contribution in [0.4, 0.5) is 0 Å². The Hall–Kier alpha value is -0.260. The van der Waals surface area contributed by atoms with Crippen molar-refractivity contribution in [3.63, 3.8) is 0 Å². The van der Waals surface area contributed by atoms with Gasteiger partial charge in [-0.2, -0.15) is 4.31 Å². The fourth-order valence-electron chi connectivity index (χ4n) is 1.30. The normalized spacial score (nSPS) is 20.9. The highest BCUT2D eigenvalue weighted by Gasteiger charge is 2.44. The lowest BCUT2D eigenvalue weighted by Crippen LogP contribution is -2.12. The molecule has 1 heterocycles. The summed E-state index contributed by atoms with van der Waals surface area (Å²) in [6.07, 6.45) is 5.50. The highest BCUT2D eigenvalue weighted by molar-refractivity contribution is 7.62. The maximum atomic E-state index is 11.4. The van der Waals surface area contributed by atoms with E-state index in [0.29, 0.717) is 0 Å². The van der Waals surface area contributed by atoms with Gasteiger partial charge in [-0.3, -0.25) is 13.6 Å². The molecule has 0 bridgehead atoms. The quantitative estimate of drug-likeness (QED) is 0.534. The number of hydrogen-bond acceptors (Lipinski definition) is 6. The van der Waals surface area contributed by atoms with Gasteiger partial charge in [0.15, 0.2) is 6.79 Å². The highest BCUT2D eigenvalue weighted by Crippen LogP contribution is 2.67. The van der Waals surface area contributed by atoms with Crippen LogP contribution >= 0.6 is 15.6 Å². The van der Waals surface area contributed by atoms with E-state index in [9.17, 15) is 14.0 Å². The molecule has 1 N–H and O–H groups in total. The predicted octanol–water partition coefficient (Wildman–Crippen LogP) is 3.93. The molecule has 1 fully saturated rings. The summed E-state index contributed by atoms with van der Waals surface area (Å²) in [7, 11) is -8.32. The molecule has 0 aromatic rings. The lowest BCUT2D eigenvalue weighted by Gasteiger charge is -2.25. The van der Waals surface area contributed by atoms with E-state index in [1.165, 1.54) is 5.57 Å². The van der Waals surface area contributed by atoms with Gasteiger partial charge in [0, 0.05) is 0 Å². The molecule has 0 saturated carbocycles. The van der Waals surface area contributed by atoms with E-state index in [0.717, 1.165) is 18.4 Å². The molecular weight excluding hydrogens is 306 g/mol. The van der Waals surface area contributed by atoms with Crippen molar-refractivity contribution < 1.29 is 31.9 Å². The Morgan fingerprint density at radius 1 is 1.35 bits per heavy atom. The number of phosphoric acid groups is 2. The molecule has 0 aromatic carbocycles. The molecule has 1 saturated heterocycles. The molecule has 1 rings (SSSR count). The summed E-state index contributed by atoms with van der Waals surface area (Å²) < 4.78 is 40.6. The van der Waals surface area contributed by atoms with Crippen molar-refractivity contribution >= 4 is 15.6 Å². The van der Waals surface area contributed by atoms with Gasteiger partial charge < -0.3 is 4.89 Å². The van der Waals surface area contributed by atoms with Gasteiger partial charge in [-0.25, -0.2) is 9.13 Å². The Morgan fingerprint density at radius 2 is 2.00 bits per heavy atom. The van der Waals surface area contributed by atoms with Crippen molar-refractivity contribution in [3.8, 4) is 0 Å². The average Bonchev–Trinajstić information content (AvgIpc) is 2.25. The van der Waals surface area contributed by atoms with Gasteiger partial charge in [-0.1, -0.05) is 23.3 Å². The zero-order chi connectivity index (χ0) is 15.2. The lowest BCUT2D eigenvalue weighted by molar-refractivity contribution is -0.0270. The summed E-state index contributed by atoms with van der Waals surface area (Å²) in [6, 6.07) is 0. The molecule has 0 spiro atoms. The molecule has 1 atom stereocenters. The van der Waals surface area contributed by atoms with Gasteiger partial charge >= 0.3 is 15.6 Å². The van der Waals surface area contributed by atoms with Crippen LogP contribution in [0.5, 0.6) is 0 Å². The maximum absolute atomic E-state index is 11.4. The van der Waals surface area contributed by atoms with Crippen molar-refractivity contribution in [2.75, 3.05) is 13.4 Å². The molecule has 7 nitrogen and oxygen atoms in total. The Labute approximate surface area is 118 Å². The first-order valence-corrected chi connectivity index (χ1v) is 9.05. The van der Waals surface area contributed by atoms with Crippen LogP contribution in [0.25, 0.3) is 0 Å². The molecule has 0 aromatic heterocycles. The zero-order valence-electron chi connectivity index (χ0n) is 11.8. The topological polar surface area (TPSA) is 91.3 Å². The van der Waals surface area contributed by atoms with Crippen LogP contribution in [-0.2, 0) is 27.0 Å². The van der Waals surface area contributed by atoms with Crippen molar-refractivity contribution in [1.29, 1.82) is 0 Å². The molecule has 0 radical (unpaired) electrons. The number of allylic oxidation sites excluding steroid dienone is 3. The molecule has 1 aliphatic heterocycles. The molecule has 0 amide bonds. The summed E-state index contributed by atoms with van der Waals surface area (Å²) in [5, 5.41) is 0. The van der Waals surface area contributed by atoms with Crippen LogP contribution < -0.4 is 0 Å². The summed E-state index contributed by atoms with van der Waals surface area (Å²) in [6.45, 7) is 5.60. The Morgan fingerprint density at radius 3 is 2.50 bits per heavy atom. The smallest absolute Gasteiger partial charge is 0.302 e. The molecule has 20 heavy (non-hydrogen) atoms. The number of rotatable bonds is 8. The minimum absolute atomic E-state index is 0.117. The maximum Gasteiger partial charge on any atom is 0.488 e. The Kier molecular flexibility index (Phi) is 6.82. The fraction of sp³-hybridized carbons (Fsp3) is 0.636. The molecule has 0 aliphatic carbocycles. The second kappa shape index (κ2) is 7.66. The number of phosphoric ester groups is 2. The van der Waals surface area contributed by atoms with Crippen molar-refractivity contribution in [1.82, 2.24) is 0 Å². The van der Waals surface area contributed by atoms with Gasteiger partial charge in [0.1, 0.15) is 0 Å². The third kappa shape index (κ3) is 6.95. The highest BCUT2D eigenvalue weighted by atomic mass is 31.3. The van der Waals surface area contributed by atoms with E-state index < -0.39 is 15.6 Å². The van der Waals surface area contributed by atoms with Gasteiger partial charge in [0.2, 0.25) is 0 Å². The minimum Gasteiger partial charge on any atom is -0.302 e. The summed E-state index contributed by atoms with van der Waals surface area (Å²) >= 11 is 0. The zero-order valence-corrected chi connectivity index (χ0v) is 13.6. The van der Waals surface area contributed by atoms with Crippen LogP contribution in [0.2, 0.25) is 0 Å². The van der Waals surface area contributed by atoms with E-state index in [2.05, 4.69) is 24.0 Å². The largest absolute Gasteiger partial charge is 0.488 e. The first-order valence-electron chi connectivity index (χ1n) is 6.09. The first kappa shape index (κ1) is 17.8. The van der Waals surface area contributed by atoms with E-state index in [1.54, 1.807) is 6.08 Å². The minimum atomic E-state index is -4.45. The molecule has 9 heteroatoms. The van der Waals surface area contributed by atoms with E-state index in [1.807, 2.05) is 20.8 Å². The molecule has 1 aliphatic rings. The predicted molar refractivity (Wildman–Crippen MR) is 73.9 cm³/mol. The second-order valence-corrected chi connectivity index (χ2v) is 7.80. The summed E-state index contributed by atoms with van der Waals surface area (Å²) in [4.78, 5) is 9.32. The van der Waals surface area contributed by atoms with E-state index >= 15 is 0 Å². The summed E-state index contributed by atoms with van der Waals surface area (Å²) in [5.41, 5.74) is 2.26. The lowest BCUT2D eigenvalue weighted by atomic mass is 10.1.